The van der Waals surface area contributed by atoms with Crippen molar-refractivity contribution in [2.75, 3.05) is 29.4 Å². The normalized spacial score (nSPS) is 23.6. The van der Waals surface area contributed by atoms with Gasteiger partial charge in [0.1, 0.15) is 22.8 Å². The molecule has 164 valence electrons. The first kappa shape index (κ1) is 19.7. The van der Waals surface area contributed by atoms with E-state index in [0.29, 0.717) is 12.6 Å². The highest BCUT2D eigenvalue weighted by atomic mass is 32.1. The van der Waals surface area contributed by atoms with Crippen LogP contribution in [0.1, 0.15) is 64.0 Å². The predicted molar refractivity (Wildman–Crippen MR) is 127 cm³/mol. The third-order valence-electron chi connectivity index (χ3n) is 7.27. The number of thiophene rings is 1. The second kappa shape index (κ2) is 7.27. The molecule has 0 radical (unpaired) electrons. The number of aromatic nitrogens is 3. The summed E-state index contributed by atoms with van der Waals surface area (Å²) < 4.78 is 7.46. The number of hydrogen-bond donors (Lipinski definition) is 0. The lowest BCUT2D eigenvalue weighted by molar-refractivity contribution is -0.0395. The summed E-state index contributed by atoms with van der Waals surface area (Å²) in [7, 11) is 0. The molecular formula is C24H31N5OS. The Morgan fingerprint density at radius 1 is 1.03 bits per heavy atom. The molecule has 6 nitrogen and oxygen atoms in total. The van der Waals surface area contributed by atoms with Crippen molar-refractivity contribution in [2.45, 2.75) is 77.5 Å². The molecule has 0 N–H and O–H groups in total. The van der Waals surface area contributed by atoms with Crippen LogP contribution < -0.4 is 9.80 Å². The third-order valence-corrected chi connectivity index (χ3v) is 8.34. The van der Waals surface area contributed by atoms with Crippen molar-refractivity contribution in [3.05, 3.63) is 17.5 Å². The first-order valence-electron chi connectivity index (χ1n) is 11.8. The van der Waals surface area contributed by atoms with E-state index in [2.05, 4.69) is 30.6 Å². The fraction of sp³-hybridized carbons (Fsp3) is 0.625. The van der Waals surface area contributed by atoms with Crippen LogP contribution in [0, 0.1) is 0 Å². The molecule has 3 aromatic heterocycles. The standard InChI is InChI=1S/C24H31N5OS/c1-15-8-4-5-11-29(15)22-20-19(25-14-26-22)18-16-12-24(2,3)30-13-17(16)21(27-23(18)31-20)28-9-6-7-10-28/h14-15H,4-13H2,1-3H3. The summed E-state index contributed by atoms with van der Waals surface area (Å²) in [6.45, 7) is 10.6. The van der Waals surface area contributed by atoms with Crippen LogP contribution in [0.5, 0.6) is 0 Å². The van der Waals surface area contributed by atoms with Crippen LogP contribution in [-0.4, -0.2) is 46.2 Å². The average molecular weight is 438 g/mol. The molecule has 6 rings (SSSR count). The Balaban J connectivity index is 1.60. The molecule has 0 spiro atoms. The summed E-state index contributed by atoms with van der Waals surface area (Å²) in [5, 5.41) is 1.24. The highest BCUT2D eigenvalue weighted by Crippen LogP contribution is 2.45. The molecule has 6 heterocycles. The van der Waals surface area contributed by atoms with Gasteiger partial charge in [-0.1, -0.05) is 0 Å². The largest absolute Gasteiger partial charge is 0.370 e. The van der Waals surface area contributed by atoms with E-state index in [4.69, 9.17) is 19.7 Å². The molecular weight excluding hydrogens is 406 g/mol. The van der Waals surface area contributed by atoms with E-state index in [1.54, 1.807) is 17.7 Å². The highest BCUT2D eigenvalue weighted by molar-refractivity contribution is 7.26. The average Bonchev–Trinajstić information content (AvgIpc) is 3.40. The number of piperidine rings is 1. The molecule has 0 aliphatic carbocycles. The van der Waals surface area contributed by atoms with E-state index in [1.807, 2.05) is 0 Å². The molecule has 7 heteroatoms. The Bertz CT molecular complexity index is 1150. The van der Waals surface area contributed by atoms with Crippen molar-refractivity contribution >= 4 is 43.4 Å². The number of nitrogens with zero attached hydrogens (tertiary/aromatic N) is 5. The van der Waals surface area contributed by atoms with Crippen molar-refractivity contribution in [1.29, 1.82) is 0 Å². The molecule has 2 fully saturated rings. The van der Waals surface area contributed by atoms with Crippen molar-refractivity contribution < 1.29 is 4.74 Å². The van der Waals surface area contributed by atoms with E-state index in [1.165, 1.54) is 53.3 Å². The SMILES string of the molecule is CC1CCCCN1c1ncnc2c1sc1nc(N3CCCC3)c3c(c12)CC(C)(C)OC3. The highest BCUT2D eigenvalue weighted by Gasteiger charge is 2.34. The van der Waals surface area contributed by atoms with Crippen molar-refractivity contribution in [1.82, 2.24) is 15.0 Å². The van der Waals surface area contributed by atoms with Crippen LogP contribution >= 0.6 is 11.3 Å². The zero-order chi connectivity index (χ0) is 21.2. The van der Waals surface area contributed by atoms with Gasteiger partial charge in [-0.2, -0.15) is 0 Å². The Morgan fingerprint density at radius 2 is 1.84 bits per heavy atom. The van der Waals surface area contributed by atoms with Crippen LogP contribution in [-0.2, 0) is 17.8 Å². The van der Waals surface area contributed by atoms with Crippen molar-refractivity contribution in [3.63, 3.8) is 0 Å². The molecule has 0 aromatic carbocycles. The fourth-order valence-electron chi connectivity index (χ4n) is 5.58. The number of hydrogen-bond acceptors (Lipinski definition) is 7. The van der Waals surface area contributed by atoms with Gasteiger partial charge >= 0.3 is 0 Å². The van der Waals surface area contributed by atoms with Crippen LogP contribution in [0.25, 0.3) is 20.4 Å². The van der Waals surface area contributed by atoms with Gasteiger partial charge in [-0.25, -0.2) is 15.0 Å². The molecule has 0 amide bonds. The number of anilines is 2. The van der Waals surface area contributed by atoms with Gasteiger partial charge in [-0.15, -0.1) is 11.3 Å². The van der Waals surface area contributed by atoms with Gasteiger partial charge in [0.25, 0.3) is 0 Å². The van der Waals surface area contributed by atoms with Gasteiger partial charge in [0.15, 0.2) is 0 Å². The van der Waals surface area contributed by atoms with Crippen LogP contribution in [0.15, 0.2) is 6.33 Å². The molecule has 1 unspecified atom stereocenters. The van der Waals surface area contributed by atoms with Gasteiger partial charge in [-0.05, 0) is 58.4 Å². The molecule has 0 saturated carbocycles. The van der Waals surface area contributed by atoms with Crippen LogP contribution in [0.3, 0.4) is 0 Å². The Labute approximate surface area is 187 Å². The van der Waals surface area contributed by atoms with Crippen molar-refractivity contribution in [3.8, 4) is 0 Å². The molecule has 0 bridgehead atoms. The number of ether oxygens (including phenoxy) is 1. The number of pyridine rings is 1. The molecule has 1 atom stereocenters. The van der Waals surface area contributed by atoms with E-state index in [0.717, 1.165) is 48.0 Å². The second-order valence-corrected chi connectivity index (χ2v) is 11.0. The van der Waals surface area contributed by atoms with E-state index < -0.39 is 0 Å². The number of rotatable bonds is 2. The van der Waals surface area contributed by atoms with Crippen LogP contribution in [0.4, 0.5) is 11.6 Å². The monoisotopic (exact) mass is 437 g/mol. The summed E-state index contributed by atoms with van der Waals surface area (Å²) in [5.74, 6) is 2.24. The smallest absolute Gasteiger partial charge is 0.150 e. The summed E-state index contributed by atoms with van der Waals surface area (Å²) >= 11 is 1.78. The molecule has 3 aliphatic heterocycles. The summed E-state index contributed by atoms with van der Waals surface area (Å²) in [5.41, 5.74) is 3.58. The summed E-state index contributed by atoms with van der Waals surface area (Å²) in [4.78, 5) is 20.9. The lowest BCUT2D eigenvalue weighted by Gasteiger charge is -2.34. The maximum Gasteiger partial charge on any atom is 0.150 e. The topological polar surface area (TPSA) is 54.4 Å². The molecule has 31 heavy (non-hydrogen) atoms. The summed E-state index contributed by atoms with van der Waals surface area (Å²) in [6.07, 6.45) is 8.92. The minimum atomic E-state index is -0.172. The van der Waals surface area contributed by atoms with E-state index in [9.17, 15) is 0 Å². The van der Waals surface area contributed by atoms with Gasteiger partial charge in [0.2, 0.25) is 0 Å². The Morgan fingerprint density at radius 3 is 2.65 bits per heavy atom. The maximum absolute atomic E-state index is 6.26. The zero-order valence-corrected chi connectivity index (χ0v) is 19.6. The first-order valence-corrected chi connectivity index (χ1v) is 12.6. The minimum absolute atomic E-state index is 0.172. The van der Waals surface area contributed by atoms with E-state index in [-0.39, 0.29) is 5.60 Å². The molecule has 2 saturated heterocycles. The first-order chi connectivity index (χ1) is 15.0. The van der Waals surface area contributed by atoms with Crippen LogP contribution in [0.2, 0.25) is 0 Å². The quantitative estimate of drug-likeness (QED) is 0.558. The third kappa shape index (κ3) is 3.20. The van der Waals surface area contributed by atoms with Gasteiger partial charge in [0.05, 0.1) is 22.4 Å². The number of fused-ring (bicyclic) bond motifs is 5. The van der Waals surface area contributed by atoms with Gasteiger partial charge in [0, 0.05) is 43.0 Å². The maximum atomic E-state index is 6.26. The van der Waals surface area contributed by atoms with Crippen molar-refractivity contribution in [2.24, 2.45) is 0 Å². The fourth-order valence-corrected chi connectivity index (χ4v) is 6.74. The lowest BCUT2D eigenvalue weighted by Crippen LogP contribution is -2.38. The lowest BCUT2D eigenvalue weighted by atomic mass is 9.90. The summed E-state index contributed by atoms with van der Waals surface area (Å²) in [6, 6.07) is 0.520. The van der Waals surface area contributed by atoms with Gasteiger partial charge < -0.3 is 14.5 Å². The van der Waals surface area contributed by atoms with Gasteiger partial charge in [-0.3, -0.25) is 0 Å². The van der Waals surface area contributed by atoms with E-state index >= 15 is 0 Å². The molecule has 3 aliphatic rings. The predicted octanol–water partition coefficient (Wildman–Crippen LogP) is 5.07. The Kier molecular flexibility index (Phi) is 4.62. The minimum Gasteiger partial charge on any atom is -0.370 e. The zero-order valence-electron chi connectivity index (χ0n) is 18.8. The molecule has 3 aromatic rings. The second-order valence-electron chi connectivity index (χ2n) is 10.0. The Hall–Kier alpha value is -1.99.